The number of amides is 1. The van der Waals surface area contributed by atoms with Crippen LogP contribution in [0.5, 0.6) is 11.5 Å². The van der Waals surface area contributed by atoms with E-state index in [1.54, 1.807) is 25.0 Å². The summed E-state index contributed by atoms with van der Waals surface area (Å²) in [6.07, 6.45) is 0. The minimum Gasteiger partial charge on any atom is -0.497 e. The Bertz CT molecular complexity index is 932. The molecule has 7 nitrogen and oxygen atoms in total. The Hall–Kier alpha value is -2.87. The van der Waals surface area contributed by atoms with Crippen LogP contribution in [0, 0.1) is 6.92 Å². The van der Waals surface area contributed by atoms with E-state index in [2.05, 4.69) is 15.4 Å². The lowest BCUT2D eigenvalue weighted by atomic mass is 10.1. The second kappa shape index (κ2) is 7.57. The van der Waals surface area contributed by atoms with Gasteiger partial charge in [0.1, 0.15) is 11.5 Å². The number of nitrogens with one attached hydrogen (secondary N) is 1. The number of carbonyl (C=O) groups is 1. The van der Waals surface area contributed by atoms with Crippen molar-refractivity contribution in [1.29, 1.82) is 0 Å². The van der Waals surface area contributed by atoms with E-state index >= 15 is 0 Å². The molecule has 1 N–H and O–H groups in total. The third-order valence-corrected chi connectivity index (χ3v) is 4.68. The first-order valence-corrected chi connectivity index (χ1v) is 8.97. The lowest BCUT2D eigenvalue weighted by Gasteiger charge is -2.08. The molecular formula is C18H20N4O3S. The zero-order valence-electron chi connectivity index (χ0n) is 15.1. The summed E-state index contributed by atoms with van der Waals surface area (Å²) >= 11 is 1.34. The molecule has 0 aliphatic carbocycles. The van der Waals surface area contributed by atoms with Crippen molar-refractivity contribution in [1.82, 2.24) is 14.8 Å². The third kappa shape index (κ3) is 3.55. The molecule has 2 aromatic heterocycles. The average molecular weight is 372 g/mol. The summed E-state index contributed by atoms with van der Waals surface area (Å²) in [7, 11) is 3.21. The van der Waals surface area contributed by atoms with Crippen molar-refractivity contribution in [2.45, 2.75) is 20.4 Å². The highest BCUT2D eigenvalue weighted by Crippen LogP contribution is 2.35. The highest BCUT2D eigenvalue weighted by Gasteiger charge is 2.16. The molecule has 0 saturated heterocycles. The van der Waals surface area contributed by atoms with Crippen LogP contribution in [0.1, 0.15) is 23.1 Å². The molecule has 2 heterocycles. The Kier molecular flexibility index (Phi) is 5.22. The molecule has 0 saturated carbocycles. The van der Waals surface area contributed by atoms with Gasteiger partial charge in [-0.2, -0.15) is 5.10 Å². The molecule has 0 aliphatic rings. The fraction of sp³-hybridized carbons (Fsp3) is 0.278. The van der Waals surface area contributed by atoms with Crippen molar-refractivity contribution in [3.63, 3.8) is 0 Å². The molecule has 0 unspecified atom stereocenters. The highest BCUT2D eigenvalue weighted by atomic mass is 32.1. The van der Waals surface area contributed by atoms with Crippen LogP contribution in [-0.4, -0.2) is 34.9 Å². The minimum atomic E-state index is -0.279. The maximum Gasteiger partial charge on any atom is 0.277 e. The molecule has 0 fully saturated rings. The molecule has 8 heteroatoms. The van der Waals surface area contributed by atoms with Gasteiger partial charge in [-0.3, -0.25) is 14.8 Å². The second-order valence-electron chi connectivity index (χ2n) is 5.54. The number of benzene rings is 1. The summed E-state index contributed by atoms with van der Waals surface area (Å²) in [5.41, 5.74) is 2.82. The van der Waals surface area contributed by atoms with Gasteiger partial charge in [0.25, 0.3) is 5.91 Å². The Labute approximate surface area is 155 Å². The molecule has 136 valence electrons. The second-order valence-corrected chi connectivity index (χ2v) is 6.40. The topological polar surface area (TPSA) is 78.3 Å². The van der Waals surface area contributed by atoms with E-state index in [1.807, 2.05) is 37.4 Å². The number of anilines is 1. The highest BCUT2D eigenvalue weighted by molar-refractivity contribution is 7.14. The lowest BCUT2D eigenvalue weighted by Crippen LogP contribution is -2.13. The first-order chi connectivity index (χ1) is 12.5. The monoisotopic (exact) mass is 372 g/mol. The number of carbonyl (C=O) groups excluding carboxylic acids is 1. The Morgan fingerprint density at radius 3 is 2.73 bits per heavy atom. The lowest BCUT2D eigenvalue weighted by molar-refractivity contribution is 0.102. The summed E-state index contributed by atoms with van der Waals surface area (Å²) in [5, 5.41) is 9.45. The number of ether oxygens (including phenoxy) is 2. The van der Waals surface area contributed by atoms with E-state index in [-0.39, 0.29) is 5.91 Å². The predicted octanol–water partition coefficient (Wildman–Crippen LogP) is 3.60. The molecule has 1 aromatic carbocycles. The smallest absolute Gasteiger partial charge is 0.277 e. The standard InChI is InChI=1S/C18H20N4O3S/c1-5-22-11(2)8-14(21-22)17(23)20-18-19-15(10-26-18)13-9-12(24-3)6-7-16(13)25-4/h6-10H,5H2,1-4H3,(H,19,20,23). The number of methoxy groups -OCH3 is 2. The van der Waals surface area contributed by atoms with Crippen LogP contribution < -0.4 is 14.8 Å². The van der Waals surface area contributed by atoms with Gasteiger partial charge in [0.15, 0.2) is 10.8 Å². The van der Waals surface area contributed by atoms with E-state index in [0.29, 0.717) is 28.0 Å². The van der Waals surface area contributed by atoms with Crippen molar-refractivity contribution in [2.75, 3.05) is 19.5 Å². The fourth-order valence-corrected chi connectivity index (χ4v) is 3.28. The number of hydrogen-bond acceptors (Lipinski definition) is 6. The van der Waals surface area contributed by atoms with Gasteiger partial charge in [-0.1, -0.05) is 0 Å². The van der Waals surface area contributed by atoms with Crippen LogP contribution >= 0.6 is 11.3 Å². The van der Waals surface area contributed by atoms with Crippen LogP contribution in [0.25, 0.3) is 11.3 Å². The van der Waals surface area contributed by atoms with Crippen molar-refractivity contribution in [2.24, 2.45) is 0 Å². The number of thiazole rings is 1. The van der Waals surface area contributed by atoms with Crippen LogP contribution in [0.15, 0.2) is 29.6 Å². The molecule has 0 atom stereocenters. The quantitative estimate of drug-likeness (QED) is 0.715. The molecule has 3 aromatic rings. The molecular weight excluding hydrogens is 352 g/mol. The molecule has 0 aliphatic heterocycles. The summed E-state index contributed by atoms with van der Waals surface area (Å²) < 4.78 is 12.4. The van der Waals surface area contributed by atoms with E-state index < -0.39 is 0 Å². The van der Waals surface area contributed by atoms with Crippen LogP contribution in [0.4, 0.5) is 5.13 Å². The van der Waals surface area contributed by atoms with Gasteiger partial charge >= 0.3 is 0 Å². The first kappa shape index (κ1) is 17.9. The van der Waals surface area contributed by atoms with E-state index in [9.17, 15) is 4.79 Å². The first-order valence-electron chi connectivity index (χ1n) is 8.09. The number of nitrogens with zero attached hydrogens (tertiary/aromatic N) is 3. The molecule has 26 heavy (non-hydrogen) atoms. The van der Waals surface area contributed by atoms with Crippen LogP contribution in [0.2, 0.25) is 0 Å². The number of rotatable bonds is 6. The van der Waals surface area contributed by atoms with Gasteiger partial charge in [0, 0.05) is 23.2 Å². The number of hydrogen-bond donors (Lipinski definition) is 1. The van der Waals surface area contributed by atoms with E-state index in [1.165, 1.54) is 11.3 Å². The van der Waals surface area contributed by atoms with Crippen molar-refractivity contribution in [3.05, 3.63) is 41.0 Å². The Morgan fingerprint density at radius 2 is 2.08 bits per heavy atom. The normalized spacial score (nSPS) is 10.6. The molecule has 3 rings (SSSR count). The van der Waals surface area contributed by atoms with Gasteiger partial charge < -0.3 is 9.47 Å². The average Bonchev–Trinajstić information content (AvgIpc) is 3.27. The fourth-order valence-electron chi connectivity index (χ4n) is 2.57. The van der Waals surface area contributed by atoms with Crippen LogP contribution in [-0.2, 0) is 6.54 Å². The minimum absolute atomic E-state index is 0.279. The molecule has 0 bridgehead atoms. The van der Waals surface area contributed by atoms with Crippen molar-refractivity contribution >= 4 is 22.4 Å². The number of aryl methyl sites for hydroxylation is 2. The van der Waals surface area contributed by atoms with Crippen molar-refractivity contribution in [3.8, 4) is 22.8 Å². The molecule has 0 spiro atoms. The van der Waals surface area contributed by atoms with Crippen molar-refractivity contribution < 1.29 is 14.3 Å². The number of aromatic nitrogens is 3. The largest absolute Gasteiger partial charge is 0.497 e. The zero-order valence-corrected chi connectivity index (χ0v) is 15.9. The van der Waals surface area contributed by atoms with E-state index in [4.69, 9.17) is 9.47 Å². The van der Waals surface area contributed by atoms with Gasteiger partial charge in [-0.15, -0.1) is 11.3 Å². The summed E-state index contributed by atoms with van der Waals surface area (Å²) in [6, 6.07) is 7.26. The summed E-state index contributed by atoms with van der Waals surface area (Å²) in [4.78, 5) is 16.9. The summed E-state index contributed by atoms with van der Waals surface area (Å²) in [5.74, 6) is 1.12. The molecule has 1 amide bonds. The maximum absolute atomic E-state index is 12.4. The molecule has 0 radical (unpaired) electrons. The maximum atomic E-state index is 12.4. The zero-order chi connectivity index (χ0) is 18.7. The third-order valence-electron chi connectivity index (χ3n) is 3.92. The van der Waals surface area contributed by atoms with Gasteiger partial charge in [0.2, 0.25) is 0 Å². The van der Waals surface area contributed by atoms with Gasteiger partial charge in [0.05, 0.1) is 19.9 Å². The predicted molar refractivity (Wildman–Crippen MR) is 101 cm³/mol. The summed E-state index contributed by atoms with van der Waals surface area (Å²) in [6.45, 7) is 4.62. The van der Waals surface area contributed by atoms with Gasteiger partial charge in [-0.25, -0.2) is 4.98 Å². The van der Waals surface area contributed by atoms with Crippen LogP contribution in [0.3, 0.4) is 0 Å². The van der Waals surface area contributed by atoms with Gasteiger partial charge in [-0.05, 0) is 38.1 Å². The van der Waals surface area contributed by atoms with E-state index in [0.717, 1.165) is 17.8 Å². The Balaban J connectivity index is 1.83. The SMILES string of the molecule is CCn1nc(C(=O)Nc2nc(-c3cc(OC)ccc3OC)cs2)cc1C. The Morgan fingerprint density at radius 1 is 1.27 bits per heavy atom.